The minimum absolute atomic E-state index is 0.0871. The number of methoxy groups -OCH3 is 3. The molecule has 2 atom stereocenters. The molecule has 0 N–H and O–H groups in total. The van der Waals surface area contributed by atoms with Crippen molar-refractivity contribution in [3.8, 4) is 23.0 Å². The fraction of sp³-hybridized carbons (Fsp3) is 0.270. The van der Waals surface area contributed by atoms with Crippen LogP contribution in [0.2, 0.25) is 0 Å². The smallest absolute Gasteiger partial charge is 0.269 e. The van der Waals surface area contributed by atoms with Gasteiger partial charge in [-0.25, -0.2) is 39.7 Å². The maximum atomic E-state index is 15.8. The Kier molecular flexibility index (Phi) is 11.7. The van der Waals surface area contributed by atoms with Crippen molar-refractivity contribution in [2.75, 3.05) is 38.8 Å². The van der Waals surface area contributed by atoms with E-state index in [1.165, 1.54) is 32.3 Å². The molecule has 0 radical (unpaired) electrons. The van der Waals surface area contributed by atoms with Crippen molar-refractivity contribution in [3.63, 3.8) is 0 Å². The van der Waals surface area contributed by atoms with Crippen molar-refractivity contribution in [3.05, 3.63) is 119 Å². The second-order valence-corrected chi connectivity index (χ2v) is 15.0. The van der Waals surface area contributed by atoms with Crippen LogP contribution in [0.15, 0.2) is 78.0 Å². The summed E-state index contributed by atoms with van der Waals surface area (Å²) in [6.45, 7) is -0.822. The number of amides is 1. The molecule has 0 saturated carbocycles. The van der Waals surface area contributed by atoms with E-state index in [4.69, 9.17) is 18.9 Å². The average molecular weight is 805 g/mol. The summed E-state index contributed by atoms with van der Waals surface area (Å²) in [6, 6.07) is 13.6. The molecule has 0 bridgehead atoms. The minimum atomic E-state index is -4.85. The van der Waals surface area contributed by atoms with Gasteiger partial charge >= 0.3 is 0 Å². The van der Waals surface area contributed by atoms with Crippen LogP contribution in [-0.4, -0.2) is 63.1 Å². The lowest BCUT2D eigenvalue weighted by Gasteiger charge is -2.38. The summed E-state index contributed by atoms with van der Waals surface area (Å²) in [6.07, 6.45) is 0.776. The van der Waals surface area contributed by atoms with Gasteiger partial charge in [0.05, 0.1) is 34.5 Å². The van der Waals surface area contributed by atoms with Gasteiger partial charge in [0.2, 0.25) is 11.0 Å². The van der Waals surface area contributed by atoms with Gasteiger partial charge in [0.25, 0.3) is 10.0 Å². The number of sulfonamides is 1. The van der Waals surface area contributed by atoms with Crippen LogP contribution in [-0.2, 0) is 27.9 Å². The lowest BCUT2D eigenvalue weighted by Crippen LogP contribution is -2.45. The number of hydrogen-bond acceptors (Lipinski definition) is 10. The maximum absolute atomic E-state index is 15.8. The first kappa shape index (κ1) is 39.2. The fourth-order valence-corrected chi connectivity index (χ4v) is 8.45. The number of ether oxygens (including phenoxy) is 4. The highest BCUT2D eigenvalue weighted by molar-refractivity contribution is 7.93. The Morgan fingerprint density at radius 1 is 0.818 bits per heavy atom. The maximum Gasteiger partial charge on any atom is 0.269 e. The van der Waals surface area contributed by atoms with E-state index >= 15 is 13.2 Å². The van der Waals surface area contributed by atoms with Crippen LogP contribution in [0.25, 0.3) is 0 Å². The highest BCUT2D eigenvalue weighted by atomic mass is 32.2. The minimum Gasteiger partial charge on any atom is -0.497 e. The van der Waals surface area contributed by atoms with E-state index in [2.05, 4.69) is 9.36 Å². The number of halogens is 5. The quantitative estimate of drug-likeness (QED) is 0.0876. The Morgan fingerprint density at radius 2 is 1.53 bits per heavy atom. The largest absolute Gasteiger partial charge is 0.497 e. The summed E-state index contributed by atoms with van der Waals surface area (Å²) in [5.41, 5.74) is 0.787. The third kappa shape index (κ3) is 8.44. The van der Waals surface area contributed by atoms with Crippen molar-refractivity contribution < 1.29 is 54.1 Å². The Morgan fingerprint density at radius 3 is 2.20 bits per heavy atom. The Balaban J connectivity index is 1.28. The number of piperidine rings is 1. The predicted molar refractivity (Wildman–Crippen MR) is 190 cm³/mol. The van der Waals surface area contributed by atoms with Gasteiger partial charge in [-0.15, -0.1) is 0 Å². The SMILES string of the molecule is COc1ccc(CN2C[C@@H](COc3cc(F)c(S(=O)(=O)N(Cc4ccc(OC)cc4OC)c4ncns4)cc3F)[C@@H](c3cc(F)c(F)cc3F)CC2=O)cc1. The molecule has 6 rings (SSSR count). The molecule has 1 aliphatic rings. The van der Waals surface area contributed by atoms with E-state index in [1.807, 2.05) is 0 Å². The van der Waals surface area contributed by atoms with Crippen LogP contribution >= 0.6 is 11.5 Å². The molecule has 1 saturated heterocycles. The van der Waals surface area contributed by atoms with E-state index in [1.54, 1.807) is 36.4 Å². The second kappa shape index (κ2) is 16.5. The summed E-state index contributed by atoms with van der Waals surface area (Å²) < 4.78 is 129. The fourth-order valence-electron chi connectivity index (χ4n) is 6.26. The molecular weight excluding hydrogens is 772 g/mol. The summed E-state index contributed by atoms with van der Waals surface area (Å²) in [4.78, 5) is 17.7. The molecule has 5 aromatic rings. The molecule has 4 aromatic carbocycles. The van der Waals surface area contributed by atoms with Gasteiger partial charge in [0.15, 0.2) is 23.2 Å². The Labute approximate surface area is 317 Å². The number of hydrogen-bond donors (Lipinski definition) is 0. The van der Waals surface area contributed by atoms with E-state index < -0.39 is 80.6 Å². The zero-order valence-electron chi connectivity index (χ0n) is 29.5. The molecule has 0 unspecified atom stereocenters. The van der Waals surface area contributed by atoms with E-state index in [0.717, 1.165) is 16.2 Å². The van der Waals surface area contributed by atoms with Gasteiger partial charge in [0, 0.05) is 72.7 Å². The molecular formula is C37H33F5N4O7S2. The number of nitrogens with zero attached hydrogens (tertiary/aromatic N) is 4. The molecule has 1 aliphatic heterocycles. The summed E-state index contributed by atoms with van der Waals surface area (Å²) in [7, 11) is -0.534. The summed E-state index contributed by atoms with van der Waals surface area (Å²) >= 11 is 0.708. The highest BCUT2D eigenvalue weighted by Crippen LogP contribution is 2.38. The molecule has 1 amide bonds. The van der Waals surface area contributed by atoms with Gasteiger partial charge in [-0.3, -0.25) is 4.79 Å². The molecule has 290 valence electrons. The van der Waals surface area contributed by atoms with Gasteiger partial charge in [-0.1, -0.05) is 12.1 Å². The van der Waals surface area contributed by atoms with Gasteiger partial charge in [-0.05, 0) is 41.5 Å². The molecule has 0 spiro atoms. The predicted octanol–water partition coefficient (Wildman–Crippen LogP) is 6.87. The topological polar surface area (TPSA) is 120 Å². The zero-order chi connectivity index (χ0) is 39.4. The number of carbonyl (C=O) groups excluding carboxylic acids is 1. The second-order valence-electron chi connectivity index (χ2n) is 12.4. The van der Waals surface area contributed by atoms with Crippen molar-refractivity contribution in [1.82, 2.24) is 14.3 Å². The number of likely N-dealkylation sites (tertiary alicyclic amines) is 1. The Bertz CT molecular complexity index is 2280. The van der Waals surface area contributed by atoms with Crippen LogP contribution in [0.1, 0.15) is 29.0 Å². The average Bonchev–Trinajstić information content (AvgIpc) is 3.71. The lowest BCUT2D eigenvalue weighted by molar-refractivity contribution is -0.136. The molecule has 18 heteroatoms. The first-order valence-corrected chi connectivity index (χ1v) is 18.7. The Hall–Kier alpha value is -5.49. The number of aromatic nitrogens is 2. The van der Waals surface area contributed by atoms with E-state index in [-0.39, 0.29) is 36.0 Å². The van der Waals surface area contributed by atoms with Crippen molar-refractivity contribution >= 4 is 32.6 Å². The van der Waals surface area contributed by atoms with Crippen LogP contribution < -0.4 is 23.3 Å². The van der Waals surface area contributed by atoms with Crippen LogP contribution in [0, 0.1) is 35.0 Å². The number of anilines is 1. The number of rotatable bonds is 14. The van der Waals surface area contributed by atoms with Crippen LogP contribution in [0.4, 0.5) is 27.1 Å². The summed E-state index contributed by atoms with van der Waals surface area (Å²) in [5, 5.41) is -0.139. The van der Waals surface area contributed by atoms with Crippen LogP contribution in [0.5, 0.6) is 23.0 Å². The molecule has 0 aliphatic carbocycles. The number of benzene rings is 4. The molecule has 1 fully saturated rings. The van der Waals surface area contributed by atoms with Crippen molar-refractivity contribution in [1.29, 1.82) is 0 Å². The highest BCUT2D eigenvalue weighted by Gasteiger charge is 2.38. The first-order chi connectivity index (χ1) is 26.3. The van der Waals surface area contributed by atoms with Gasteiger partial charge in [0.1, 0.15) is 40.1 Å². The zero-order valence-corrected chi connectivity index (χ0v) is 31.1. The molecule has 11 nitrogen and oxygen atoms in total. The third-order valence-electron chi connectivity index (χ3n) is 9.12. The van der Waals surface area contributed by atoms with Crippen molar-refractivity contribution in [2.45, 2.75) is 30.3 Å². The lowest BCUT2D eigenvalue weighted by atomic mass is 9.80. The molecule has 1 aromatic heterocycles. The number of carbonyl (C=O) groups is 1. The molecule has 55 heavy (non-hydrogen) atoms. The van der Waals surface area contributed by atoms with E-state index in [0.29, 0.717) is 52.9 Å². The van der Waals surface area contributed by atoms with E-state index in [9.17, 15) is 22.0 Å². The normalized spacial score (nSPS) is 15.9. The molecule has 2 heterocycles. The van der Waals surface area contributed by atoms with Crippen LogP contribution in [0.3, 0.4) is 0 Å². The first-order valence-electron chi connectivity index (χ1n) is 16.5. The van der Waals surface area contributed by atoms with Crippen molar-refractivity contribution in [2.24, 2.45) is 5.92 Å². The standard InChI is InChI=1S/C37H33F5N4O7S2/c1-50-24-7-4-21(5-8-24)16-45-17-23(26(12-36(45)47)27-11-29(39)30(40)13-28(27)38)19-53-34-14-32(42)35(15-31(34)41)55(48,49)46(37-43-20-44-54-37)18-22-6-9-25(51-2)10-33(22)52-3/h4-11,13-15,20,23,26H,12,16-19H2,1-3H3/t23-,26-/m0/s1. The van der Waals surface area contributed by atoms with Gasteiger partial charge < -0.3 is 23.8 Å². The summed E-state index contributed by atoms with van der Waals surface area (Å²) in [5.74, 6) is -8.16. The monoisotopic (exact) mass is 804 g/mol. The van der Waals surface area contributed by atoms with Gasteiger partial charge in [-0.2, -0.15) is 4.37 Å². The third-order valence-corrected chi connectivity index (χ3v) is 11.7.